The summed E-state index contributed by atoms with van der Waals surface area (Å²) in [6, 6.07) is 3.23. The number of hydrogen-bond donors (Lipinski definition) is 0. The minimum Gasteiger partial charge on any atom is -0.495 e. The highest BCUT2D eigenvalue weighted by atomic mass is 79.9. The summed E-state index contributed by atoms with van der Waals surface area (Å²) in [6.07, 6.45) is 0. The van der Waals surface area contributed by atoms with Crippen molar-refractivity contribution in [3.8, 4) is 5.75 Å². The molecule has 4 nitrogen and oxygen atoms in total. The molecule has 0 atom stereocenters. The number of benzene rings is 1. The summed E-state index contributed by atoms with van der Waals surface area (Å²) in [4.78, 5) is 10.1. The predicted octanol–water partition coefficient (Wildman–Crippen LogP) is 2.67. The van der Waals surface area contributed by atoms with E-state index in [1.54, 1.807) is 13.0 Å². The number of ether oxygens (including phenoxy) is 1. The Morgan fingerprint density at radius 3 is 2.62 bits per heavy atom. The van der Waals surface area contributed by atoms with Gasteiger partial charge in [-0.05, 0) is 34.5 Å². The third-order valence-corrected chi connectivity index (χ3v) is 2.38. The molecule has 70 valence electrons. The van der Waals surface area contributed by atoms with Gasteiger partial charge in [-0.1, -0.05) is 0 Å². The van der Waals surface area contributed by atoms with Crippen molar-refractivity contribution in [1.82, 2.24) is 0 Å². The molecule has 1 rings (SSSR count). The van der Waals surface area contributed by atoms with Gasteiger partial charge in [0.2, 0.25) is 0 Å². The molecular formula is C8H8BrNO3. The molecule has 0 spiro atoms. The lowest BCUT2D eigenvalue weighted by Crippen LogP contribution is -1.93. The fraction of sp³-hybridized carbons (Fsp3) is 0.250. The highest BCUT2D eigenvalue weighted by Gasteiger charge is 2.16. The van der Waals surface area contributed by atoms with E-state index in [0.29, 0.717) is 10.2 Å². The summed E-state index contributed by atoms with van der Waals surface area (Å²) in [6.45, 7) is 1.78. The van der Waals surface area contributed by atoms with E-state index in [4.69, 9.17) is 4.74 Å². The molecule has 0 radical (unpaired) electrons. The van der Waals surface area contributed by atoms with Crippen LogP contribution < -0.4 is 4.74 Å². The van der Waals surface area contributed by atoms with Crippen molar-refractivity contribution in [3.05, 3.63) is 32.3 Å². The fourth-order valence-corrected chi connectivity index (χ4v) is 1.53. The van der Waals surface area contributed by atoms with E-state index < -0.39 is 4.92 Å². The van der Waals surface area contributed by atoms with Crippen LogP contribution in [0, 0.1) is 17.0 Å². The van der Waals surface area contributed by atoms with Crippen molar-refractivity contribution in [2.75, 3.05) is 7.11 Å². The van der Waals surface area contributed by atoms with Gasteiger partial charge in [0.25, 0.3) is 5.69 Å². The molecular weight excluding hydrogens is 238 g/mol. The molecule has 0 saturated heterocycles. The smallest absolute Gasteiger partial charge is 0.287 e. The molecule has 0 N–H and O–H groups in total. The van der Waals surface area contributed by atoms with Crippen LogP contribution >= 0.6 is 15.9 Å². The Morgan fingerprint density at radius 1 is 1.54 bits per heavy atom. The Balaban J connectivity index is 3.35. The van der Waals surface area contributed by atoms with Crippen molar-refractivity contribution in [1.29, 1.82) is 0 Å². The number of aryl methyl sites for hydroxylation is 1. The first-order chi connectivity index (χ1) is 6.06. The van der Waals surface area contributed by atoms with Gasteiger partial charge in [0.1, 0.15) is 10.2 Å². The monoisotopic (exact) mass is 245 g/mol. The van der Waals surface area contributed by atoms with E-state index in [9.17, 15) is 10.1 Å². The molecule has 0 amide bonds. The first kappa shape index (κ1) is 9.98. The summed E-state index contributed by atoms with van der Waals surface area (Å²) in [5.41, 5.74) is 0.823. The van der Waals surface area contributed by atoms with Crippen LogP contribution in [0.15, 0.2) is 16.6 Å². The van der Waals surface area contributed by atoms with E-state index in [1.165, 1.54) is 13.2 Å². The zero-order valence-corrected chi connectivity index (χ0v) is 8.79. The average molecular weight is 246 g/mol. The number of nitro groups is 1. The topological polar surface area (TPSA) is 52.4 Å². The van der Waals surface area contributed by atoms with Gasteiger partial charge in [-0.25, -0.2) is 0 Å². The Morgan fingerprint density at radius 2 is 2.15 bits per heavy atom. The Kier molecular flexibility index (Phi) is 2.87. The molecule has 0 heterocycles. The number of halogens is 1. The second kappa shape index (κ2) is 3.74. The Bertz CT molecular complexity index is 351. The lowest BCUT2D eigenvalue weighted by molar-refractivity contribution is -0.385. The van der Waals surface area contributed by atoms with Gasteiger partial charge in [0.05, 0.1) is 12.0 Å². The van der Waals surface area contributed by atoms with Crippen LogP contribution in [0.4, 0.5) is 5.69 Å². The maximum Gasteiger partial charge on any atom is 0.287 e. The zero-order chi connectivity index (χ0) is 10.0. The molecule has 1 aromatic carbocycles. The van der Waals surface area contributed by atoms with Gasteiger partial charge >= 0.3 is 0 Å². The third kappa shape index (κ3) is 1.98. The minimum absolute atomic E-state index is 0.0249. The molecule has 0 bridgehead atoms. The molecule has 0 unspecified atom stereocenters. The second-order valence-electron chi connectivity index (χ2n) is 2.56. The van der Waals surface area contributed by atoms with Gasteiger partial charge in [-0.15, -0.1) is 0 Å². The molecule has 0 aliphatic heterocycles. The largest absolute Gasteiger partial charge is 0.495 e. The Hall–Kier alpha value is -1.10. The van der Waals surface area contributed by atoms with Crippen molar-refractivity contribution in [2.24, 2.45) is 0 Å². The number of methoxy groups -OCH3 is 1. The summed E-state index contributed by atoms with van der Waals surface area (Å²) in [7, 11) is 1.48. The van der Waals surface area contributed by atoms with Crippen molar-refractivity contribution >= 4 is 21.6 Å². The van der Waals surface area contributed by atoms with E-state index >= 15 is 0 Å². The average Bonchev–Trinajstić information content (AvgIpc) is 2.08. The van der Waals surface area contributed by atoms with E-state index in [1.807, 2.05) is 0 Å². The van der Waals surface area contributed by atoms with Crippen molar-refractivity contribution in [3.63, 3.8) is 0 Å². The summed E-state index contributed by atoms with van der Waals surface area (Å²) in [5, 5.41) is 10.6. The summed E-state index contributed by atoms with van der Waals surface area (Å²) >= 11 is 3.11. The molecule has 0 saturated carbocycles. The molecule has 5 heteroatoms. The highest BCUT2D eigenvalue weighted by Crippen LogP contribution is 2.34. The molecule has 13 heavy (non-hydrogen) atoms. The molecule has 0 aromatic heterocycles. The normalized spacial score (nSPS) is 9.77. The van der Waals surface area contributed by atoms with Gasteiger partial charge < -0.3 is 4.74 Å². The number of nitrogens with zero attached hydrogens (tertiary/aromatic N) is 1. The quantitative estimate of drug-likeness (QED) is 0.595. The van der Waals surface area contributed by atoms with Crippen LogP contribution in [0.5, 0.6) is 5.75 Å². The van der Waals surface area contributed by atoms with Crippen LogP contribution in [0.2, 0.25) is 0 Å². The van der Waals surface area contributed by atoms with Crippen LogP contribution in [-0.4, -0.2) is 12.0 Å². The second-order valence-corrected chi connectivity index (χ2v) is 3.35. The maximum atomic E-state index is 10.6. The number of nitro benzene ring substituents is 1. The van der Waals surface area contributed by atoms with Crippen LogP contribution in [0.3, 0.4) is 0 Å². The lowest BCUT2D eigenvalue weighted by Gasteiger charge is -2.04. The first-order valence-corrected chi connectivity index (χ1v) is 4.34. The van der Waals surface area contributed by atoms with Gasteiger partial charge in [0, 0.05) is 6.07 Å². The van der Waals surface area contributed by atoms with Crippen molar-refractivity contribution < 1.29 is 9.66 Å². The fourth-order valence-electron chi connectivity index (χ4n) is 0.998. The minimum atomic E-state index is -0.445. The molecule has 1 aromatic rings. The number of rotatable bonds is 2. The SMILES string of the molecule is COc1cc(C)cc([N+](=O)[O-])c1Br. The summed E-state index contributed by atoms with van der Waals surface area (Å²) < 4.78 is 5.35. The van der Waals surface area contributed by atoms with Gasteiger partial charge in [-0.2, -0.15) is 0 Å². The molecule has 0 aliphatic carbocycles. The van der Waals surface area contributed by atoms with E-state index in [2.05, 4.69) is 15.9 Å². The zero-order valence-electron chi connectivity index (χ0n) is 7.20. The third-order valence-electron chi connectivity index (χ3n) is 1.58. The van der Waals surface area contributed by atoms with Crippen LogP contribution in [0.1, 0.15) is 5.56 Å². The molecule has 0 aliphatic rings. The summed E-state index contributed by atoms with van der Waals surface area (Å²) in [5.74, 6) is 0.478. The first-order valence-electron chi connectivity index (χ1n) is 3.54. The van der Waals surface area contributed by atoms with E-state index in [0.717, 1.165) is 5.56 Å². The lowest BCUT2D eigenvalue weighted by atomic mass is 10.2. The van der Waals surface area contributed by atoms with Gasteiger partial charge in [0.15, 0.2) is 0 Å². The number of hydrogen-bond acceptors (Lipinski definition) is 3. The van der Waals surface area contributed by atoms with Gasteiger partial charge in [-0.3, -0.25) is 10.1 Å². The maximum absolute atomic E-state index is 10.6. The highest BCUT2D eigenvalue weighted by molar-refractivity contribution is 9.10. The van der Waals surface area contributed by atoms with Crippen molar-refractivity contribution in [2.45, 2.75) is 6.92 Å². The predicted molar refractivity (Wildman–Crippen MR) is 52.1 cm³/mol. The molecule has 0 fully saturated rings. The Labute approximate surface area is 83.8 Å². The van der Waals surface area contributed by atoms with Crippen LogP contribution in [-0.2, 0) is 0 Å². The van der Waals surface area contributed by atoms with Crippen LogP contribution in [0.25, 0.3) is 0 Å². The van der Waals surface area contributed by atoms with E-state index in [-0.39, 0.29) is 5.69 Å². The standard InChI is InChI=1S/C8H8BrNO3/c1-5-3-6(10(11)12)8(9)7(4-5)13-2/h3-4H,1-2H3.